The molecule has 0 saturated carbocycles. The second-order valence-corrected chi connectivity index (χ2v) is 5.98. The highest BCUT2D eigenvalue weighted by Crippen LogP contribution is 2.12. The van der Waals surface area contributed by atoms with Crippen molar-refractivity contribution in [1.29, 1.82) is 0 Å². The number of carboxylic acids is 1. The molecule has 2 N–H and O–H groups in total. The second-order valence-electron chi connectivity index (χ2n) is 5.98. The number of rotatable bonds is 9. The molecule has 0 aliphatic rings. The lowest BCUT2D eigenvalue weighted by atomic mass is 10.00. The minimum Gasteiger partial charge on any atom is -0.480 e. The van der Waals surface area contributed by atoms with Crippen LogP contribution in [0.4, 0.5) is 0 Å². The van der Waals surface area contributed by atoms with Crippen LogP contribution in [-0.2, 0) is 4.79 Å². The van der Waals surface area contributed by atoms with E-state index >= 15 is 0 Å². The fourth-order valence-electron chi connectivity index (χ4n) is 1.93. The Kier molecular flexibility index (Phi) is 7.48. The molecule has 0 amide bonds. The predicted octanol–water partition coefficient (Wildman–Crippen LogP) is 2.20. The molecule has 0 spiro atoms. The highest BCUT2D eigenvalue weighted by atomic mass is 16.4. The summed E-state index contributed by atoms with van der Waals surface area (Å²) in [4.78, 5) is 13.7. The molecule has 0 heterocycles. The summed E-state index contributed by atoms with van der Waals surface area (Å²) in [5, 5.41) is 12.6. The number of nitrogens with zero attached hydrogens (tertiary/aromatic N) is 1. The van der Waals surface area contributed by atoms with Crippen molar-refractivity contribution >= 4 is 5.97 Å². The van der Waals surface area contributed by atoms with Crippen LogP contribution in [-0.4, -0.2) is 47.2 Å². The van der Waals surface area contributed by atoms with Crippen molar-refractivity contribution < 1.29 is 9.90 Å². The normalized spacial score (nSPS) is 15.4. The fraction of sp³-hybridized carbons (Fsp3) is 0.929. The maximum Gasteiger partial charge on any atom is 0.324 e. The lowest BCUT2D eigenvalue weighted by molar-refractivity contribution is -0.145. The molecule has 4 nitrogen and oxygen atoms in total. The van der Waals surface area contributed by atoms with E-state index in [0.29, 0.717) is 18.5 Å². The first-order valence-corrected chi connectivity index (χ1v) is 6.95. The van der Waals surface area contributed by atoms with Gasteiger partial charge in [-0.3, -0.25) is 9.69 Å². The minimum atomic E-state index is -0.866. The quantitative estimate of drug-likeness (QED) is 0.665. The van der Waals surface area contributed by atoms with Gasteiger partial charge in [0.25, 0.3) is 0 Å². The third-order valence-electron chi connectivity index (χ3n) is 3.09. The zero-order valence-corrected chi connectivity index (χ0v) is 12.8. The third-order valence-corrected chi connectivity index (χ3v) is 3.09. The predicted molar refractivity (Wildman–Crippen MR) is 75.9 cm³/mol. The Balaban J connectivity index is 4.75. The molecule has 0 aliphatic heterocycles. The maximum absolute atomic E-state index is 11.5. The molecule has 18 heavy (non-hydrogen) atoms. The van der Waals surface area contributed by atoms with Gasteiger partial charge < -0.3 is 10.4 Å². The summed E-state index contributed by atoms with van der Waals surface area (Å²) in [6.07, 6.45) is 0.939. The summed E-state index contributed by atoms with van der Waals surface area (Å²) in [6, 6.07) is 0.356. The molecule has 0 saturated heterocycles. The van der Waals surface area contributed by atoms with Crippen molar-refractivity contribution in [3.63, 3.8) is 0 Å². The molecule has 1 unspecified atom stereocenters. The standard InChI is InChI=1S/C14H30N2O2/c1-7-8-15-14(6,13(17)18)10-16(12(4)5)9-11(2)3/h11-12,15H,7-10H2,1-6H3,(H,17,18). The minimum absolute atomic E-state index is 0.356. The van der Waals surface area contributed by atoms with Crippen molar-refractivity contribution in [2.24, 2.45) is 5.92 Å². The van der Waals surface area contributed by atoms with Crippen LogP contribution in [0.2, 0.25) is 0 Å². The van der Waals surface area contributed by atoms with Crippen LogP contribution in [0.3, 0.4) is 0 Å². The van der Waals surface area contributed by atoms with E-state index in [9.17, 15) is 9.90 Å². The topological polar surface area (TPSA) is 52.6 Å². The maximum atomic E-state index is 11.5. The van der Waals surface area contributed by atoms with Gasteiger partial charge in [-0.05, 0) is 39.7 Å². The van der Waals surface area contributed by atoms with Crippen molar-refractivity contribution in [2.75, 3.05) is 19.6 Å². The number of aliphatic carboxylic acids is 1. The van der Waals surface area contributed by atoms with Gasteiger partial charge in [-0.2, -0.15) is 0 Å². The summed E-state index contributed by atoms with van der Waals surface area (Å²) in [5.74, 6) is -0.234. The molecule has 0 aromatic carbocycles. The smallest absolute Gasteiger partial charge is 0.324 e. The Morgan fingerprint density at radius 3 is 2.22 bits per heavy atom. The van der Waals surface area contributed by atoms with E-state index in [1.54, 1.807) is 6.92 Å². The number of carbonyl (C=O) groups is 1. The van der Waals surface area contributed by atoms with Gasteiger partial charge in [0.15, 0.2) is 0 Å². The van der Waals surface area contributed by atoms with Gasteiger partial charge >= 0.3 is 5.97 Å². The first kappa shape index (κ1) is 17.4. The van der Waals surface area contributed by atoms with E-state index in [0.717, 1.165) is 19.5 Å². The average Bonchev–Trinajstić information content (AvgIpc) is 2.24. The lowest BCUT2D eigenvalue weighted by Crippen LogP contribution is -2.58. The van der Waals surface area contributed by atoms with E-state index in [4.69, 9.17) is 0 Å². The van der Waals surface area contributed by atoms with Crippen LogP contribution in [0.25, 0.3) is 0 Å². The molecule has 0 fully saturated rings. The van der Waals surface area contributed by atoms with Crippen molar-refractivity contribution in [3.8, 4) is 0 Å². The van der Waals surface area contributed by atoms with E-state index in [1.807, 2.05) is 6.92 Å². The first-order valence-electron chi connectivity index (χ1n) is 6.95. The lowest BCUT2D eigenvalue weighted by Gasteiger charge is -2.36. The van der Waals surface area contributed by atoms with Crippen LogP contribution in [0, 0.1) is 5.92 Å². The molecular weight excluding hydrogens is 228 g/mol. The molecule has 0 bridgehead atoms. The van der Waals surface area contributed by atoms with Gasteiger partial charge in [-0.15, -0.1) is 0 Å². The van der Waals surface area contributed by atoms with E-state index in [-0.39, 0.29) is 0 Å². The Hall–Kier alpha value is -0.610. The Labute approximate surface area is 112 Å². The summed E-state index contributed by atoms with van der Waals surface area (Å²) < 4.78 is 0. The molecule has 0 aromatic rings. The first-order chi connectivity index (χ1) is 8.23. The van der Waals surface area contributed by atoms with Gasteiger partial charge in [0, 0.05) is 19.1 Å². The SMILES string of the molecule is CCCNC(C)(CN(CC(C)C)C(C)C)C(=O)O. The zero-order chi connectivity index (χ0) is 14.3. The Morgan fingerprint density at radius 2 is 1.89 bits per heavy atom. The van der Waals surface area contributed by atoms with Crippen LogP contribution in [0.15, 0.2) is 0 Å². The van der Waals surface area contributed by atoms with Crippen LogP contribution >= 0.6 is 0 Å². The highest BCUT2D eigenvalue weighted by Gasteiger charge is 2.35. The third kappa shape index (κ3) is 5.83. The van der Waals surface area contributed by atoms with Gasteiger partial charge in [-0.1, -0.05) is 20.8 Å². The van der Waals surface area contributed by atoms with Gasteiger partial charge in [0.2, 0.25) is 0 Å². The molecule has 0 aliphatic carbocycles. The zero-order valence-electron chi connectivity index (χ0n) is 12.8. The van der Waals surface area contributed by atoms with E-state index < -0.39 is 11.5 Å². The summed E-state index contributed by atoms with van der Waals surface area (Å²) in [7, 11) is 0. The van der Waals surface area contributed by atoms with Crippen molar-refractivity contribution in [1.82, 2.24) is 10.2 Å². The fourth-order valence-corrected chi connectivity index (χ4v) is 1.93. The average molecular weight is 258 g/mol. The largest absolute Gasteiger partial charge is 0.480 e. The second kappa shape index (κ2) is 7.74. The van der Waals surface area contributed by atoms with Gasteiger partial charge in [0.1, 0.15) is 5.54 Å². The number of nitrogens with one attached hydrogen (secondary N) is 1. The van der Waals surface area contributed by atoms with Crippen LogP contribution < -0.4 is 5.32 Å². The summed E-state index contributed by atoms with van der Waals surface area (Å²) >= 11 is 0. The monoisotopic (exact) mass is 258 g/mol. The number of hydrogen-bond acceptors (Lipinski definition) is 3. The van der Waals surface area contributed by atoms with Crippen molar-refractivity contribution in [3.05, 3.63) is 0 Å². The van der Waals surface area contributed by atoms with E-state index in [1.165, 1.54) is 0 Å². The molecular formula is C14H30N2O2. The summed E-state index contributed by atoms with van der Waals surface area (Å²) in [6.45, 7) is 14.6. The van der Waals surface area contributed by atoms with Crippen molar-refractivity contribution in [2.45, 2.75) is 59.5 Å². The molecule has 108 valence electrons. The van der Waals surface area contributed by atoms with Gasteiger partial charge in [-0.25, -0.2) is 0 Å². The van der Waals surface area contributed by atoms with Gasteiger partial charge in [0.05, 0.1) is 0 Å². The van der Waals surface area contributed by atoms with E-state index in [2.05, 4.69) is 37.9 Å². The Morgan fingerprint density at radius 1 is 1.33 bits per heavy atom. The molecule has 0 aromatic heterocycles. The highest BCUT2D eigenvalue weighted by molar-refractivity contribution is 5.78. The molecule has 0 rings (SSSR count). The molecule has 1 atom stereocenters. The number of hydrogen-bond donors (Lipinski definition) is 2. The Bertz CT molecular complexity index is 254. The van der Waals surface area contributed by atoms with Crippen LogP contribution in [0.5, 0.6) is 0 Å². The molecule has 0 radical (unpaired) electrons. The summed E-state index contributed by atoms with van der Waals surface area (Å²) in [5.41, 5.74) is -0.866. The number of carboxylic acid groups (broad SMARTS) is 1. The van der Waals surface area contributed by atoms with Crippen LogP contribution in [0.1, 0.15) is 48.0 Å². The molecule has 4 heteroatoms.